The Morgan fingerprint density at radius 1 is 1.00 bits per heavy atom. The van der Waals surface area contributed by atoms with E-state index >= 15 is 0 Å². The zero-order valence-corrected chi connectivity index (χ0v) is 19.3. The van der Waals surface area contributed by atoms with E-state index in [1.54, 1.807) is 6.92 Å². The van der Waals surface area contributed by atoms with Crippen LogP contribution in [0.5, 0.6) is 0 Å². The lowest BCUT2D eigenvalue weighted by Crippen LogP contribution is -2.59. The lowest BCUT2D eigenvalue weighted by Gasteiger charge is -2.32. The molecule has 170 valence electrons. The summed E-state index contributed by atoms with van der Waals surface area (Å²) in [5, 5.41) is 6.87. The maximum absolute atomic E-state index is 13.3. The molecule has 2 aromatic carbocycles. The number of hydrogen-bond donors (Lipinski definition) is 3. The van der Waals surface area contributed by atoms with Crippen molar-refractivity contribution in [2.75, 3.05) is 6.54 Å². The number of fused-ring (bicyclic) bond motifs is 1. The van der Waals surface area contributed by atoms with Gasteiger partial charge in [0.2, 0.25) is 5.91 Å². The van der Waals surface area contributed by atoms with E-state index in [1.165, 1.54) is 0 Å². The van der Waals surface area contributed by atoms with E-state index < -0.39 is 17.2 Å². The highest BCUT2D eigenvalue weighted by Crippen LogP contribution is 2.24. The van der Waals surface area contributed by atoms with Crippen molar-refractivity contribution in [3.05, 3.63) is 71.9 Å². The number of carbonyl (C=O) groups excluding carboxylic acids is 2. The van der Waals surface area contributed by atoms with Crippen molar-refractivity contribution in [1.29, 1.82) is 0 Å². The maximum Gasteiger partial charge on any atom is 0.408 e. The van der Waals surface area contributed by atoms with Crippen molar-refractivity contribution in [2.24, 2.45) is 0 Å². The Morgan fingerprint density at radius 3 is 2.41 bits per heavy atom. The van der Waals surface area contributed by atoms with Gasteiger partial charge >= 0.3 is 6.09 Å². The lowest BCUT2D eigenvalue weighted by atomic mass is 9.91. The molecule has 0 spiro atoms. The number of H-pyrrole nitrogens is 1. The number of amides is 2. The second-order valence-electron chi connectivity index (χ2n) is 8.99. The minimum Gasteiger partial charge on any atom is -0.444 e. The average Bonchev–Trinajstić information content (AvgIpc) is 3.16. The molecule has 0 fully saturated rings. The quantitative estimate of drug-likeness (QED) is 0.454. The molecule has 0 aliphatic carbocycles. The molecule has 32 heavy (non-hydrogen) atoms. The lowest BCUT2D eigenvalue weighted by molar-refractivity contribution is -0.127. The van der Waals surface area contributed by atoms with E-state index in [0.29, 0.717) is 25.8 Å². The minimum absolute atomic E-state index is 0.245. The van der Waals surface area contributed by atoms with Gasteiger partial charge in [-0.25, -0.2) is 4.79 Å². The van der Waals surface area contributed by atoms with Crippen LogP contribution in [0.2, 0.25) is 0 Å². The third-order valence-corrected chi connectivity index (χ3v) is 5.86. The van der Waals surface area contributed by atoms with Gasteiger partial charge in [0, 0.05) is 30.1 Å². The minimum atomic E-state index is -1.18. The van der Waals surface area contributed by atoms with Crippen LogP contribution in [0.4, 0.5) is 4.79 Å². The number of carbonyl (C=O) groups is 2. The number of rotatable bonds is 9. The number of ether oxygens (including phenoxy) is 1. The molecule has 6 heteroatoms. The summed E-state index contributed by atoms with van der Waals surface area (Å²) in [6.45, 7) is 7.87. The first-order valence-electron chi connectivity index (χ1n) is 11.1. The molecule has 3 aromatic rings. The first kappa shape index (κ1) is 23.4. The Balaban J connectivity index is 1.77. The number of hydrogen-bond acceptors (Lipinski definition) is 3. The molecule has 1 atom stereocenters. The Hall–Kier alpha value is -3.28. The standard InChI is InChI=1S/C26H33N3O3/c1-5-25(2,3)32-24(31)29-26(4,17-20-18-28-22-14-10-9-13-21(20)22)23(30)27-16-15-19-11-7-6-8-12-19/h6-14,18,28H,5,15-17H2,1-4H3,(H,27,30)(H,29,31)/t26-/m1/s1. The third kappa shape index (κ3) is 5.90. The number of alkyl carbamates (subject to hydrolysis) is 1. The molecule has 0 aliphatic heterocycles. The third-order valence-electron chi connectivity index (χ3n) is 5.86. The molecule has 1 heterocycles. The summed E-state index contributed by atoms with van der Waals surface area (Å²) in [6.07, 6.45) is 3.00. The van der Waals surface area contributed by atoms with Crippen LogP contribution in [-0.4, -0.2) is 34.7 Å². The second-order valence-corrected chi connectivity index (χ2v) is 8.99. The van der Waals surface area contributed by atoms with Crippen molar-refractivity contribution in [3.63, 3.8) is 0 Å². The fraction of sp³-hybridized carbons (Fsp3) is 0.385. The average molecular weight is 436 g/mol. The van der Waals surface area contributed by atoms with Gasteiger partial charge in [-0.1, -0.05) is 55.5 Å². The van der Waals surface area contributed by atoms with Gasteiger partial charge in [-0.05, 0) is 50.8 Å². The molecule has 3 rings (SSSR count). The zero-order valence-electron chi connectivity index (χ0n) is 19.3. The van der Waals surface area contributed by atoms with Crippen LogP contribution >= 0.6 is 0 Å². The largest absolute Gasteiger partial charge is 0.444 e. The van der Waals surface area contributed by atoms with E-state index in [9.17, 15) is 9.59 Å². The SMILES string of the molecule is CCC(C)(C)OC(=O)N[C@](C)(Cc1c[nH]c2ccccc12)C(=O)NCCc1ccccc1. The summed E-state index contributed by atoms with van der Waals surface area (Å²) in [5.74, 6) is -0.245. The van der Waals surface area contributed by atoms with E-state index in [4.69, 9.17) is 4.74 Å². The molecule has 0 saturated carbocycles. The molecule has 0 unspecified atom stereocenters. The monoisotopic (exact) mass is 435 g/mol. The molecular weight excluding hydrogens is 402 g/mol. The predicted molar refractivity (Wildman–Crippen MR) is 128 cm³/mol. The Bertz CT molecular complexity index is 1060. The van der Waals surface area contributed by atoms with Gasteiger partial charge in [-0.15, -0.1) is 0 Å². The predicted octanol–water partition coefficient (Wildman–Crippen LogP) is 4.74. The molecule has 2 amide bonds. The number of aromatic amines is 1. The number of para-hydroxylation sites is 1. The van der Waals surface area contributed by atoms with Crippen LogP contribution in [0.15, 0.2) is 60.8 Å². The van der Waals surface area contributed by atoms with Crippen LogP contribution < -0.4 is 10.6 Å². The highest BCUT2D eigenvalue weighted by Gasteiger charge is 2.37. The highest BCUT2D eigenvalue weighted by molar-refractivity contribution is 5.91. The molecule has 6 nitrogen and oxygen atoms in total. The van der Waals surface area contributed by atoms with Crippen molar-refractivity contribution >= 4 is 22.9 Å². The van der Waals surface area contributed by atoms with Crippen molar-refractivity contribution in [1.82, 2.24) is 15.6 Å². The topological polar surface area (TPSA) is 83.2 Å². The van der Waals surface area contributed by atoms with Crippen molar-refractivity contribution in [2.45, 2.75) is 58.1 Å². The summed E-state index contributed by atoms with van der Waals surface area (Å²) >= 11 is 0. The van der Waals surface area contributed by atoms with Crippen LogP contribution in [0.3, 0.4) is 0 Å². The Labute approximate surface area is 189 Å². The maximum atomic E-state index is 13.3. The normalized spacial score (nSPS) is 13.4. The first-order chi connectivity index (χ1) is 15.2. The number of benzene rings is 2. The van der Waals surface area contributed by atoms with Gasteiger partial charge in [0.05, 0.1) is 0 Å². The number of nitrogens with one attached hydrogen (secondary N) is 3. The highest BCUT2D eigenvalue weighted by atomic mass is 16.6. The summed E-state index contributed by atoms with van der Waals surface area (Å²) < 4.78 is 5.58. The van der Waals surface area contributed by atoms with E-state index in [-0.39, 0.29) is 5.91 Å². The first-order valence-corrected chi connectivity index (χ1v) is 11.1. The van der Waals surface area contributed by atoms with Crippen molar-refractivity contribution in [3.8, 4) is 0 Å². The zero-order chi connectivity index (χ0) is 23.2. The van der Waals surface area contributed by atoms with Crippen molar-refractivity contribution < 1.29 is 14.3 Å². The molecule has 1 aromatic heterocycles. The fourth-order valence-electron chi connectivity index (χ4n) is 3.57. The fourth-order valence-corrected chi connectivity index (χ4v) is 3.57. The van der Waals surface area contributed by atoms with Gasteiger partial charge in [0.15, 0.2) is 0 Å². The number of aromatic nitrogens is 1. The van der Waals surface area contributed by atoms with Crippen LogP contribution in [-0.2, 0) is 22.4 Å². The molecular formula is C26H33N3O3. The van der Waals surface area contributed by atoms with Gasteiger partial charge in [0.1, 0.15) is 11.1 Å². The van der Waals surface area contributed by atoms with E-state index in [0.717, 1.165) is 22.0 Å². The van der Waals surface area contributed by atoms with Gasteiger partial charge in [0.25, 0.3) is 0 Å². The smallest absolute Gasteiger partial charge is 0.408 e. The summed E-state index contributed by atoms with van der Waals surface area (Å²) in [4.78, 5) is 29.2. The van der Waals surface area contributed by atoms with Crippen LogP contribution in [0.1, 0.15) is 45.2 Å². The van der Waals surface area contributed by atoms with E-state index in [2.05, 4.69) is 15.6 Å². The van der Waals surface area contributed by atoms with Crippen LogP contribution in [0.25, 0.3) is 10.9 Å². The van der Waals surface area contributed by atoms with Gasteiger partial charge < -0.3 is 20.4 Å². The summed E-state index contributed by atoms with van der Waals surface area (Å²) in [6, 6.07) is 17.9. The van der Waals surface area contributed by atoms with E-state index in [1.807, 2.05) is 81.6 Å². The molecule has 0 bridgehead atoms. The van der Waals surface area contributed by atoms with Crippen LogP contribution in [0, 0.1) is 0 Å². The molecule has 0 aliphatic rings. The van der Waals surface area contributed by atoms with Gasteiger partial charge in [-0.2, -0.15) is 0 Å². The van der Waals surface area contributed by atoms with Gasteiger partial charge in [-0.3, -0.25) is 4.79 Å². The molecule has 0 saturated heterocycles. The second kappa shape index (κ2) is 9.90. The summed E-state index contributed by atoms with van der Waals surface area (Å²) in [5.41, 5.74) is 1.29. The molecule has 0 radical (unpaired) electrons. The molecule has 3 N–H and O–H groups in total. The Morgan fingerprint density at radius 2 is 1.69 bits per heavy atom. The Kier molecular flexibility index (Phi) is 7.23. The summed E-state index contributed by atoms with van der Waals surface area (Å²) in [7, 11) is 0.